The van der Waals surface area contributed by atoms with E-state index in [-0.39, 0.29) is 5.95 Å². The number of aromatic nitrogens is 2. The predicted octanol–water partition coefficient (Wildman–Crippen LogP) is 1.85. The second-order valence-electron chi connectivity index (χ2n) is 3.47. The van der Waals surface area contributed by atoms with E-state index in [0.717, 1.165) is 23.1 Å². The van der Waals surface area contributed by atoms with Crippen LogP contribution in [0.15, 0.2) is 30.5 Å². The Labute approximate surface area is 93.2 Å². The van der Waals surface area contributed by atoms with E-state index in [1.807, 2.05) is 19.1 Å². The number of hydrogen-bond donors (Lipinski definition) is 1. The fourth-order valence-corrected chi connectivity index (χ4v) is 1.55. The minimum absolute atomic E-state index is 0.257. The molecule has 0 bridgehead atoms. The fraction of sp³-hybridized carbons (Fsp3) is 0.0833. The van der Waals surface area contributed by atoms with Crippen LogP contribution in [-0.4, -0.2) is 16.3 Å². The van der Waals surface area contributed by atoms with Gasteiger partial charge in [0.05, 0.1) is 5.69 Å². The van der Waals surface area contributed by atoms with Crippen molar-refractivity contribution in [3.63, 3.8) is 0 Å². The molecule has 1 aromatic carbocycles. The second-order valence-corrected chi connectivity index (χ2v) is 3.47. The van der Waals surface area contributed by atoms with E-state index in [0.29, 0.717) is 5.56 Å². The maximum absolute atomic E-state index is 10.7. The highest BCUT2D eigenvalue weighted by Crippen LogP contribution is 2.22. The van der Waals surface area contributed by atoms with Crippen LogP contribution in [0.25, 0.3) is 11.1 Å². The van der Waals surface area contributed by atoms with E-state index in [2.05, 4.69) is 9.97 Å². The Morgan fingerprint density at radius 3 is 2.88 bits per heavy atom. The first-order chi connectivity index (χ1) is 7.70. The smallest absolute Gasteiger partial charge is 0.220 e. The van der Waals surface area contributed by atoms with Crippen LogP contribution in [0.4, 0.5) is 5.95 Å². The average Bonchev–Trinajstić information content (AvgIpc) is 2.29. The van der Waals surface area contributed by atoms with E-state index in [1.54, 1.807) is 18.3 Å². The minimum Gasteiger partial charge on any atom is -0.368 e. The van der Waals surface area contributed by atoms with Gasteiger partial charge < -0.3 is 5.73 Å². The molecule has 0 unspecified atom stereocenters. The summed E-state index contributed by atoms with van der Waals surface area (Å²) in [6.07, 6.45) is 2.48. The SMILES string of the molecule is Cc1nc(N)ncc1-c1cccc(C=O)c1. The third-order valence-electron chi connectivity index (χ3n) is 2.33. The van der Waals surface area contributed by atoms with Crippen molar-refractivity contribution in [2.45, 2.75) is 6.92 Å². The van der Waals surface area contributed by atoms with Gasteiger partial charge in [0.1, 0.15) is 6.29 Å². The van der Waals surface area contributed by atoms with Crippen molar-refractivity contribution < 1.29 is 4.79 Å². The first-order valence-electron chi connectivity index (χ1n) is 4.85. The summed E-state index contributed by atoms with van der Waals surface area (Å²) in [5.74, 6) is 0.257. The number of carbonyl (C=O) groups excluding carboxylic acids is 1. The van der Waals surface area contributed by atoms with E-state index < -0.39 is 0 Å². The molecule has 0 radical (unpaired) electrons. The zero-order valence-corrected chi connectivity index (χ0v) is 8.84. The Kier molecular flexibility index (Phi) is 2.64. The number of rotatable bonds is 2. The predicted molar refractivity (Wildman–Crippen MR) is 62.0 cm³/mol. The number of nitrogens with zero attached hydrogens (tertiary/aromatic N) is 2. The van der Waals surface area contributed by atoms with Crippen LogP contribution in [0.3, 0.4) is 0 Å². The van der Waals surface area contributed by atoms with Crippen molar-refractivity contribution in [2.75, 3.05) is 5.73 Å². The normalized spacial score (nSPS) is 10.1. The van der Waals surface area contributed by atoms with Crippen LogP contribution in [0, 0.1) is 6.92 Å². The minimum atomic E-state index is 0.257. The maximum atomic E-state index is 10.7. The molecule has 0 saturated heterocycles. The fourth-order valence-electron chi connectivity index (χ4n) is 1.55. The third-order valence-corrected chi connectivity index (χ3v) is 2.33. The van der Waals surface area contributed by atoms with Crippen LogP contribution >= 0.6 is 0 Å². The Morgan fingerprint density at radius 1 is 1.38 bits per heavy atom. The first kappa shape index (κ1) is 10.3. The number of carbonyl (C=O) groups is 1. The maximum Gasteiger partial charge on any atom is 0.220 e. The number of hydrogen-bond acceptors (Lipinski definition) is 4. The Morgan fingerprint density at radius 2 is 2.19 bits per heavy atom. The molecule has 80 valence electrons. The van der Waals surface area contributed by atoms with E-state index in [1.165, 1.54) is 0 Å². The van der Waals surface area contributed by atoms with E-state index in [9.17, 15) is 4.79 Å². The van der Waals surface area contributed by atoms with Gasteiger partial charge in [-0.25, -0.2) is 9.97 Å². The summed E-state index contributed by atoms with van der Waals surface area (Å²) in [6.45, 7) is 1.86. The van der Waals surface area contributed by atoms with Gasteiger partial charge in [0.2, 0.25) is 5.95 Å². The number of anilines is 1. The van der Waals surface area contributed by atoms with Crippen LogP contribution in [-0.2, 0) is 0 Å². The molecular formula is C12H11N3O. The Bertz CT molecular complexity index is 538. The number of nitrogen functional groups attached to an aromatic ring is 1. The van der Waals surface area contributed by atoms with Gasteiger partial charge in [-0.3, -0.25) is 4.79 Å². The molecule has 0 aliphatic carbocycles. The summed E-state index contributed by atoms with van der Waals surface area (Å²) < 4.78 is 0. The Hall–Kier alpha value is -2.23. The summed E-state index contributed by atoms with van der Waals surface area (Å²) in [5.41, 5.74) is 8.72. The lowest BCUT2D eigenvalue weighted by atomic mass is 10.0. The van der Waals surface area contributed by atoms with Crippen LogP contribution in [0.1, 0.15) is 16.1 Å². The first-order valence-corrected chi connectivity index (χ1v) is 4.85. The Balaban J connectivity index is 2.53. The molecule has 0 fully saturated rings. The van der Waals surface area contributed by atoms with Crippen molar-refractivity contribution in [3.8, 4) is 11.1 Å². The molecule has 1 heterocycles. The molecule has 0 saturated carbocycles. The molecule has 1 aromatic heterocycles. The van der Waals surface area contributed by atoms with Crippen molar-refractivity contribution in [1.29, 1.82) is 0 Å². The lowest BCUT2D eigenvalue weighted by Gasteiger charge is -2.05. The highest BCUT2D eigenvalue weighted by atomic mass is 16.1. The molecule has 4 nitrogen and oxygen atoms in total. The standard InChI is InChI=1S/C12H11N3O/c1-8-11(6-14-12(13)15-8)10-4-2-3-9(5-10)7-16/h2-7H,1H3,(H2,13,14,15). The zero-order valence-electron chi connectivity index (χ0n) is 8.84. The lowest BCUT2D eigenvalue weighted by Crippen LogP contribution is -1.98. The summed E-state index contributed by atoms with van der Waals surface area (Å²) >= 11 is 0. The number of benzene rings is 1. The van der Waals surface area contributed by atoms with Crippen LogP contribution < -0.4 is 5.73 Å². The van der Waals surface area contributed by atoms with Gasteiger partial charge in [0.15, 0.2) is 0 Å². The molecule has 2 aromatic rings. The summed E-state index contributed by atoms with van der Waals surface area (Å²) in [5, 5.41) is 0. The van der Waals surface area contributed by atoms with Gasteiger partial charge in [-0.1, -0.05) is 18.2 Å². The molecule has 16 heavy (non-hydrogen) atoms. The van der Waals surface area contributed by atoms with Crippen molar-refractivity contribution in [2.24, 2.45) is 0 Å². The van der Waals surface area contributed by atoms with Gasteiger partial charge >= 0.3 is 0 Å². The molecule has 2 N–H and O–H groups in total. The molecule has 0 aliphatic heterocycles. The topological polar surface area (TPSA) is 68.9 Å². The van der Waals surface area contributed by atoms with E-state index in [4.69, 9.17) is 5.73 Å². The molecule has 2 rings (SSSR count). The summed E-state index contributed by atoms with van der Waals surface area (Å²) in [6, 6.07) is 7.29. The molecule has 0 spiro atoms. The number of nitrogens with two attached hydrogens (primary N) is 1. The molecule has 0 atom stereocenters. The zero-order chi connectivity index (χ0) is 11.5. The van der Waals surface area contributed by atoms with Gasteiger partial charge in [0.25, 0.3) is 0 Å². The van der Waals surface area contributed by atoms with E-state index >= 15 is 0 Å². The van der Waals surface area contributed by atoms with Gasteiger partial charge in [-0.05, 0) is 18.6 Å². The van der Waals surface area contributed by atoms with Crippen molar-refractivity contribution in [3.05, 3.63) is 41.7 Å². The third kappa shape index (κ3) is 1.91. The summed E-state index contributed by atoms with van der Waals surface area (Å²) in [7, 11) is 0. The molecule has 0 aliphatic rings. The number of aldehydes is 1. The van der Waals surface area contributed by atoms with Crippen LogP contribution in [0.2, 0.25) is 0 Å². The lowest BCUT2D eigenvalue weighted by molar-refractivity contribution is 0.112. The molecular weight excluding hydrogens is 202 g/mol. The second kappa shape index (κ2) is 4.10. The molecule has 4 heteroatoms. The van der Waals surface area contributed by atoms with Gasteiger partial charge in [-0.2, -0.15) is 0 Å². The van der Waals surface area contributed by atoms with Gasteiger partial charge in [0, 0.05) is 17.3 Å². The molecule has 0 amide bonds. The number of aryl methyl sites for hydroxylation is 1. The largest absolute Gasteiger partial charge is 0.368 e. The van der Waals surface area contributed by atoms with Gasteiger partial charge in [-0.15, -0.1) is 0 Å². The average molecular weight is 213 g/mol. The van der Waals surface area contributed by atoms with Crippen molar-refractivity contribution in [1.82, 2.24) is 9.97 Å². The monoisotopic (exact) mass is 213 g/mol. The van der Waals surface area contributed by atoms with Crippen LogP contribution in [0.5, 0.6) is 0 Å². The van der Waals surface area contributed by atoms with Crippen molar-refractivity contribution >= 4 is 12.2 Å². The summed E-state index contributed by atoms with van der Waals surface area (Å²) in [4.78, 5) is 18.7. The highest BCUT2D eigenvalue weighted by molar-refractivity contribution is 5.79. The highest BCUT2D eigenvalue weighted by Gasteiger charge is 2.04. The quantitative estimate of drug-likeness (QED) is 0.773.